The van der Waals surface area contributed by atoms with Gasteiger partial charge in [-0.15, -0.1) is 0 Å². The van der Waals surface area contributed by atoms with Crippen molar-refractivity contribution in [2.24, 2.45) is 5.73 Å². The summed E-state index contributed by atoms with van der Waals surface area (Å²) in [6, 6.07) is 0. The molecule has 0 amide bonds. The molecule has 0 aliphatic heterocycles. The van der Waals surface area contributed by atoms with E-state index in [4.69, 9.17) is 16.6 Å². The monoisotopic (exact) mass is 141 g/mol. The molecule has 0 spiro atoms. The van der Waals surface area contributed by atoms with Crippen LogP contribution in [0.3, 0.4) is 0 Å². The third-order valence-corrected chi connectivity index (χ3v) is 0.513. The highest BCUT2D eigenvalue weighted by atomic mass is 14.7. The van der Waals surface area contributed by atoms with Crippen LogP contribution in [-0.2, 0) is 0 Å². The van der Waals surface area contributed by atoms with Gasteiger partial charge in [0.05, 0.1) is 0 Å². The van der Waals surface area contributed by atoms with Crippen LogP contribution in [0.15, 0.2) is 12.2 Å². The van der Waals surface area contributed by atoms with E-state index in [0.29, 0.717) is 5.71 Å². The van der Waals surface area contributed by atoms with Crippen LogP contribution in [0.4, 0.5) is 0 Å². The van der Waals surface area contributed by atoms with Crippen molar-refractivity contribution in [2.75, 3.05) is 0 Å². The van der Waals surface area contributed by atoms with Crippen LogP contribution in [0.2, 0.25) is 0 Å². The Morgan fingerprint density at radius 3 is 1.70 bits per heavy atom. The second-order valence-corrected chi connectivity index (χ2v) is 1.47. The fourth-order valence-electron chi connectivity index (χ4n) is 0.215. The van der Waals surface area contributed by atoms with Gasteiger partial charge in [-0.05, 0) is 19.1 Å². The topological polar surface area (TPSA) is 73.7 Å². The average Bonchev–Trinajstić information content (AvgIpc) is 1.89. The predicted molar refractivity (Wildman–Crippen MR) is 45.8 cm³/mol. The standard InChI is InChI=1S/C5H9N3.C2H6/c1-4(6)2-3-5(7)8;1-2/h2-3,6H,1H3,(H3,7,8);1-2H3/b3-2-,6-4?;. The van der Waals surface area contributed by atoms with Gasteiger partial charge in [0, 0.05) is 5.71 Å². The third-order valence-electron chi connectivity index (χ3n) is 0.513. The summed E-state index contributed by atoms with van der Waals surface area (Å²) in [4.78, 5) is 0. The Balaban J connectivity index is 0. The van der Waals surface area contributed by atoms with Crippen molar-refractivity contribution in [3.05, 3.63) is 12.2 Å². The maximum Gasteiger partial charge on any atom is 0.115 e. The van der Waals surface area contributed by atoms with E-state index in [0.717, 1.165) is 0 Å². The molecule has 10 heavy (non-hydrogen) atoms. The molecule has 0 atom stereocenters. The lowest BCUT2D eigenvalue weighted by molar-refractivity contribution is 1.46. The van der Waals surface area contributed by atoms with E-state index in [9.17, 15) is 0 Å². The fraction of sp³-hybridized carbons (Fsp3) is 0.429. The average molecular weight is 141 g/mol. The number of amidine groups is 1. The number of hydrogen-bond acceptors (Lipinski definition) is 2. The Morgan fingerprint density at radius 1 is 1.20 bits per heavy atom. The lowest BCUT2D eigenvalue weighted by atomic mass is 10.3. The van der Waals surface area contributed by atoms with Gasteiger partial charge in [0.15, 0.2) is 0 Å². The van der Waals surface area contributed by atoms with Gasteiger partial charge in [0.2, 0.25) is 0 Å². The lowest BCUT2D eigenvalue weighted by Crippen LogP contribution is -2.04. The molecule has 0 heterocycles. The highest BCUT2D eigenvalue weighted by Crippen LogP contribution is 1.72. The summed E-state index contributed by atoms with van der Waals surface area (Å²) >= 11 is 0. The Labute approximate surface area is 62.0 Å². The summed E-state index contributed by atoms with van der Waals surface area (Å²) in [5.74, 6) is -0.0170. The molecule has 0 rings (SSSR count). The van der Waals surface area contributed by atoms with E-state index in [1.54, 1.807) is 6.92 Å². The van der Waals surface area contributed by atoms with Gasteiger partial charge in [-0.2, -0.15) is 0 Å². The Bertz CT molecular complexity index is 120. The molecule has 0 saturated heterocycles. The molecule has 0 fully saturated rings. The molecule has 0 aliphatic rings. The van der Waals surface area contributed by atoms with Crippen LogP contribution in [-0.4, -0.2) is 11.5 Å². The van der Waals surface area contributed by atoms with Gasteiger partial charge in [0.1, 0.15) is 5.84 Å². The van der Waals surface area contributed by atoms with E-state index in [1.165, 1.54) is 12.2 Å². The molecule has 4 N–H and O–H groups in total. The molecule has 0 unspecified atom stereocenters. The van der Waals surface area contributed by atoms with Crippen LogP contribution < -0.4 is 5.73 Å². The molecule has 0 aliphatic carbocycles. The van der Waals surface area contributed by atoms with Crippen LogP contribution >= 0.6 is 0 Å². The minimum Gasteiger partial charge on any atom is -0.384 e. The summed E-state index contributed by atoms with van der Waals surface area (Å²) in [6.45, 7) is 5.62. The van der Waals surface area contributed by atoms with Crippen molar-refractivity contribution >= 4 is 11.5 Å². The van der Waals surface area contributed by atoms with Gasteiger partial charge in [0.25, 0.3) is 0 Å². The van der Waals surface area contributed by atoms with Crippen LogP contribution in [0, 0.1) is 10.8 Å². The lowest BCUT2D eigenvalue weighted by Gasteiger charge is -1.81. The van der Waals surface area contributed by atoms with E-state index in [2.05, 4.69) is 0 Å². The number of rotatable bonds is 2. The van der Waals surface area contributed by atoms with Crippen molar-refractivity contribution in [1.82, 2.24) is 0 Å². The molecule has 3 nitrogen and oxygen atoms in total. The first-order chi connectivity index (χ1) is 4.63. The molecule has 58 valence electrons. The Hall–Kier alpha value is -1.12. The maximum absolute atomic E-state index is 6.85. The fourth-order valence-corrected chi connectivity index (χ4v) is 0.215. The van der Waals surface area contributed by atoms with Crippen molar-refractivity contribution in [1.29, 1.82) is 10.8 Å². The van der Waals surface area contributed by atoms with Crippen molar-refractivity contribution in [2.45, 2.75) is 20.8 Å². The summed E-state index contributed by atoms with van der Waals surface area (Å²) < 4.78 is 0. The zero-order valence-electron chi connectivity index (χ0n) is 6.73. The summed E-state index contributed by atoms with van der Waals surface area (Å²) in [5, 5.41) is 13.5. The van der Waals surface area contributed by atoms with Crippen LogP contribution in [0.25, 0.3) is 0 Å². The van der Waals surface area contributed by atoms with Crippen molar-refractivity contribution in [3.63, 3.8) is 0 Å². The SMILES string of the molecule is CC.CC(=N)/C=C\C(=N)N. The first-order valence-corrected chi connectivity index (χ1v) is 3.20. The minimum absolute atomic E-state index is 0.0170. The zero-order valence-corrected chi connectivity index (χ0v) is 6.73. The van der Waals surface area contributed by atoms with Gasteiger partial charge in [-0.1, -0.05) is 13.8 Å². The first-order valence-electron chi connectivity index (χ1n) is 3.20. The van der Waals surface area contributed by atoms with Crippen LogP contribution in [0.1, 0.15) is 20.8 Å². The molecule has 0 bridgehead atoms. The summed E-state index contributed by atoms with van der Waals surface area (Å²) in [5.41, 5.74) is 5.34. The molecule has 0 radical (unpaired) electrons. The number of hydrogen-bond donors (Lipinski definition) is 3. The highest BCUT2D eigenvalue weighted by Gasteiger charge is 1.76. The molecule has 0 saturated carbocycles. The minimum atomic E-state index is -0.0170. The normalized spacial score (nSPS) is 8.30. The van der Waals surface area contributed by atoms with E-state index in [1.807, 2.05) is 13.8 Å². The largest absolute Gasteiger partial charge is 0.384 e. The zero-order chi connectivity index (χ0) is 8.57. The quantitative estimate of drug-likeness (QED) is 0.396. The molecular weight excluding hydrogens is 126 g/mol. The third kappa shape index (κ3) is 15.8. The summed E-state index contributed by atoms with van der Waals surface area (Å²) in [6.07, 6.45) is 2.85. The molecule has 0 aromatic carbocycles. The first kappa shape index (κ1) is 11.6. The molecule has 3 heteroatoms. The van der Waals surface area contributed by atoms with Crippen molar-refractivity contribution in [3.8, 4) is 0 Å². The number of nitrogens with two attached hydrogens (primary N) is 1. The number of allylic oxidation sites excluding steroid dienone is 1. The Morgan fingerprint density at radius 2 is 1.60 bits per heavy atom. The van der Waals surface area contributed by atoms with E-state index >= 15 is 0 Å². The van der Waals surface area contributed by atoms with E-state index in [-0.39, 0.29) is 5.84 Å². The molecular formula is C7H15N3. The molecule has 0 aromatic rings. The maximum atomic E-state index is 6.85. The highest BCUT2D eigenvalue weighted by molar-refractivity contribution is 5.98. The smallest absolute Gasteiger partial charge is 0.115 e. The Kier molecular flexibility index (Phi) is 9.18. The second-order valence-electron chi connectivity index (χ2n) is 1.47. The van der Waals surface area contributed by atoms with Gasteiger partial charge < -0.3 is 11.1 Å². The van der Waals surface area contributed by atoms with Gasteiger partial charge in [-0.3, -0.25) is 5.41 Å². The predicted octanol–water partition coefficient (Wildman–Crippen LogP) is 1.54. The van der Waals surface area contributed by atoms with Gasteiger partial charge in [-0.25, -0.2) is 0 Å². The van der Waals surface area contributed by atoms with Crippen molar-refractivity contribution < 1.29 is 0 Å². The number of nitrogens with one attached hydrogen (secondary N) is 2. The van der Waals surface area contributed by atoms with E-state index < -0.39 is 0 Å². The second kappa shape index (κ2) is 7.88. The molecule has 0 aromatic heterocycles. The van der Waals surface area contributed by atoms with Gasteiger partial charge >= 0.3 is 0 Å². The summed E-state index contributed by atoms with van der Waals surface area (Å²) in [7, 11) is 0. The van der Waals surface area contributed by atoms with Crippen LogP contribution in [0.5, 0.6) is 0 Å².